The largest absolute Gasteiger partial charge is 0.374 e. The number of pyridine rings is 1. The zero-order chi connectivity index (χ0) is 12.8. The SMILES string of the molecule is CCOC1(C(Cc2ccncc2)NN)CCCC1. The van der Waals surface area contributed by atoms with Gasteiger partial charge < -0.3 is 4.74 Å². The maximum Gasteiger partial charge on any atom is 0.0851 e. The molecule has 0 bridgehead atoms. The second-order valence-corrected chi connectivity index (χ2v) is 4.98. The standard InChI is InChI=1S/C14H23N3O/c1-2-18-14(7-3-4-8-14)13(17-15)11-12-5-9-16-10-6-12/h5-6,9-10,13,17H,2-4,7-8,11,15H2,1H3. The fourth-order valence-electron chi connectivity index (χ4n) is 3.01. The molecule has 100 valence electrons. The van der Waals surface area contributed by atoms with Crippen LogP contribution in [0.3, 0.4) is 0 Å². The molecule has 1 saturated carbocycles. The van der Waals surface area contributed by atoms with E-state index in [4.69, 9.17) is 10.6 Å². The Balaban J connectivity index is 2.11. The molecule has 0 spiro atoms. The van der Waals surface area contributed by atoms with Crippen LogP contribution in [0.25, 0.3) is 0 Å². The van der Waals surface area contributed by atoms with Gasteiger partial charge in [-0.1, -0.05) is 12.8 Å². The van der Waals surface area contributed by atoms with Gasteiger partial charge in [0, 0.05) is 19.0 Å². The molecule has 1 fully saturated rings. The summed E-state index contributed by atoms with van der Waals surface area (Å²) >= 11 is 0. The fraction of sp³-hybridized carbons (Fsp3) is 0.643. The molecule has 0 aromatic carbocycles. The number of ether oxygens (including phenoxy) is 1. The minimum atomic E-state index is -0.0905. The highest BCUT2D eigenvalue weighted by Crippen LogP contribution is 2.37. The molecule has 1 aliphatic rings. The number of hydrogen-bond donors (Lipinski definition) is 2. The van der Waals surface area contributed by atoms with Crippen LogP contribution in [-0.4, -0.2) is 23.2 Å². The van der Waals surface area contributed by atoms with Crippen LogP contribution in [0.5, 0.6) is 0 Å². The van der Waals surface area contributed by atoms with E-state index in [1.807, 2.05) is 24.5 Å². The van der Waals surface area contributed by atoms with Crippen LogP contribution in [0, 0.1) is 0 Å². The lowest BCUT2D eigenvalue weighted by Crippen LogP contribution is -2.54. The van der Waals surface area contributed by atoms with Gasteiger partial charge in [0.05, 0.1) is 11.6 Å². The molecule has 4 heteroatoms. The van der Waals surface area contributed by atoms with Gasteiger partial charge in [-0.2, -0.15) is 0 Å². The highest BCUT2D eigenvalue weighted by atomic mass is 16.5. The summed E-state index contributed by atoms with van der Waals surface area (Å²) in [7, 11) is 0. The number of hydrazine groups is 1. The monoisotopic (exact) mass is 249 g/mol. The van der Waals surface area contributed by atoms with E-state index in [9.17, 15) is 0 Å². The van der Waals surface area contributed by atoms with Gasteiger partial charge in [-0.15, -0.1) is 0 Å². The molecule has 2 rings (SSSR count). The summed E-state index contributed by atoms with van der Waals surface area (Å²) in [5.74, 6) is 5.77. The quantitative estimate of drug-likeness (QED) is 0.596. The molecule has 3 N–H and O–H groups in total. The van der Waals surface area contributed by atoms with Crippen molar-refractivity contribution in [3.63, 3.8) is 0 Å². The molecule has 1 atom stereocenters. The van der Waals surface area contributed by atoms with Crippen LogP contribution in [0.15, 0.2) is 24.5 Å². The topological polar surface area (TPSA) is 60.2 Å². The van der Waals surface area contributed by atoms with Crippen molar-refractivity contribution in [3.05, 3.63) is 30.1 Å². The van der Waals surface area contributed by atoms with Gasteiger partial charge in [-0.25, -0.2) is 0 Å². The first-order valence-electron chi connectivity index (χ1n) is 6.80. The molecule has 1 unspecified atom stereocenters. The summed E-state index contributed by atoms with van der Waals surface area (Å²) < 4.78 is 6.06. The van der Waals surface area contributed by atoms with Gasteiger partial charge >= 0.3 is 0 Å². The second-order valence-electron chi connectivity index (χ2n) is 4.98. The van der Waals surface area contributed by atoms with E-state index in [0.29, 0.717) is 0 Å². The van der Waals surface area contributed by atoms with Crippen LogP contribution >= 0.6 is 0 Å². The predicted octanol–water partition coefficient (Wildman–Crippen LogP) is 1.81. The van der Waals surface area contributed by atoms with E-state index in [0.717, 1.165) is 25.9 Å². The Morgan fingerprint density at radius 1 is 1.39 bits per heavy atom. The minimum absolute atomic E-state index is 0.0905. The van der Waals surface area contributed by atoms with Gasteiger partial charge in [0.2, 0.25) is 0 Å². The zero-order valence-corrected chi connectivity index (χ0v) is 11.1. The minimum Gasteiger partial charge on any atom is -0.374 e. The number of rotatable bonds is 6. The first-order chi connectivity index (χ1) is 8.80. The molecular weight excluding hydrogens is 226 g/mol. The van der Waals surface area contributed by atoms with E-state index < -0.39 is 0 Å². The predicted molar refractivity (Wildman–Crippen MR) is 71.9 cm³/mol. The maximum atomic E-state index is 6.06. The molecule has 0 aliphatic heterocycles. The first-order valence-corrected chi connectivity index (χ1v) is 6.80. The highest BCUT2D eigenvalue weighted by molar-refractivity contribution is 5.14. The average molecular weight is 249 g/mol. The van der Waals surface area contributed by atoms with Crippen LogP contribution in [0.2, 0.25) is 0 Å². The van der Waals surface area contributed by atoms with Crippen molar-refractivity contribution in [2.24, 2.45) is 5.84 Å². The molecule has 18 heavy (non-hydrogen) atoms. The molecule has 1 aromatic heterocycles. The Morgan fingerprint density at radius 3 is 2.61 bits per heavy atom. The lowest BCUT2D eigenvalue weighted by Gasteiger charge is -2.37. The van der Waals surface area contributed by atoms with Crippen LogP contribution in [-0.2, 0) is 11.2 Å². The smallest absolute Gasteiger partial charge is 0.0851 e. The molecule has 0 saturated heterocycles. The maximum absolute atomic E-state index is 6.06. The number of nitrogens with zero attached hydrogens (tertiary/aromatic N) is 1. The fourth-order valence-corrected chi connectivity index (χ4v) is 3.01. The van der Waals surface area contributed by atoms with Crippen molar-refractivity contribution in [2.75, 3.05) is 6.61 Å². The van der Waals surface area contributed by atoms with Gasteiger partial charge in [0.15, 0.2) is 0 Å². The normalized spacial score (nSPS) is 19.9. The third-order valence-electron chi connectivity index (χ3n) is 3.91. The van der Waals surface area contributed by atoms with Crippen molar-refractivity contribution >= 4 is 0 Å². The summed E-state index contributed by atoms with van der Waals surface area (Å²) in [5.41, 5.74) is 4.13. The van der Waals surface area contributed by atoms with E-state index >= 15 is 0 Å². The van der Waals surface area contributed by atoms with Gasteiger partial charge in [0.25, 0.3) is 0 Å². The van der Waals surface area contributed by atoms with Gasteiger partial charge in [0.1, 0.15) is 0 Å². The number of nitrogens with one attached hydrogen (secondary N) is 1. The Hall–Kier alpha value is -0.970. The molecular formula is C14H23N3O. The van der Waals surface area contributed by atoms with Crippen LogP contribution < -0.4 is 11.3 Å². The first kappa shape index (κ1) is 13.5. The summed E-state index contributed by atoms with van der Waals surface area (Å²) in [6.07, 6.45) is 9.19. The van der Waals surface area contributed by atoms with E-state index in [1.165, 1.54) is 18.4 Å². The number of nitrogens with two attached hydrogens (primary N) is 1. The summed E-state index contributed by atoms with van der Waals surface area (Å²) in [5, 5.41) is 0. The van der Waals surface area contributed by atoms with Crippen LogP contribution in [0.1, 0.15) is 38.2 Å². The lowest BCUT2D eigenvalue weighted by molar-refractivity contribution is -0.0613. The summed E-state index contributed by atoms with van der Waals surface area (Å²) in [6.45, 7) is 2.80. The Morgan fingerprint density at radius 2 is 2.06 bits per heavy atom. The van der Waals surface area contributed by atoms with E-state index in [-0.39, 0.29) is 11.6 Å². The van der Waals surface area contributed by atoms with Crippen molar-refractivity contribution in [1.82, 2.24) is 10.4 Å². The molecule has 0 radical (unpaired) electrons. The molecule has 1 aliphatic carbocycles. The van der Waals surface area contributed by atoms with Crippen molar-refractivity contribution in [1.29, 1.82) is 0 Å². The lowest BCUT2D eigenvalue weighted by atomic mass is 9.88. The zero-order valence-electron chi connectivity index (χ0n) is 11.1. The number of hydrogen-bond acceptors (Lipinski definition) is 4. The molecule has 0 amide bonds. The van der Waals surface area contributed by atoms with Crippen molar-refractivity contribution < 1.29 is 4.74 Å². The van der Waals surface area contributed by atoms with Crippen LogP contribution in [0.4, 0.5) is 0 Å². The third-order valence-corrected chi connectivity index (χ3v) is 3.91. The summed E-state index contributed by atoms with van der Waals surface area (Å²) in [4.78, 5) is 4.05. The Kier molecular flexibility index (Phi) is 4.69. The average Bonchev–Trinajstić information content (AvgIpc) is 2.87. The summed E-state index contributed by atoms with van der Waals surface area (Å²) in [6, 6.07) is 4.25. The second kappa shape index (κ2) is 6.27. The molecule has 4 nitrogen and oxygen atoms in total. The highest BCUT2D eigenvalue weighted by Gasteiger charge is 2.41. The van der Waals surface area contributed by atoms with E-state index in [1.54, 1.807) is 0 Å². The van der Waals surface area contributed by atoms with Gasteiger partial charge in [-0.05, 0) is 43.9 Å². The van der Waals surface area contributed by atoms with Gasteiger partial charge in [-0.3, -0.25) is 16.3 Å². The molecule has 1 aromatic rings. The van der Waals surface area contributed by atoms with Crippen molar-refractivity contribution in [3.8, 4) is 0 Å². The Labute approximate surface area is 109 Å². The number of aromatic nitrogens is 1. The van der Waals surface area contributed by atoms with Crippen molar-refractivity contribution in [2.45, 2.75) is 50.7 Å². The Bertz CT molecular complexity index is 349. The van der Waals surface area contributed by atoms with E-state index in [2.05, 4.69) is 17.3 Å². The molecule has 1 heterocycles. The third kappa shape index (κ3) is 2.88.